The molecule has 1 aliphatic carbocycles. The molecule has 0 heterocycles. The van der Waals surface area contributed by atoms with Crippen LogP contribution < -0.4 is 0 Å². The van der Waals surface area contributed by atoms with E-state index in [9.17, 15) is 0 Å². The summed E-state index contributed by atoms with van der Waals surface area (Å²) in [5.41, 5.74) is 6.56. The molecule has 0 aromatic carbocycles. The highest BCUT2D eigenvalue weighted by molar-refractivity contribution is 7.99. The zero-order valence-electron chi connectivity index (χ0n) is 12.8. The smallest absolute Gasteiger partial charge is 0.0455 e. The molecule has 0 fully saturated rings. The molecule has 0 saturated heterocycles. The average Bonchev–Trinajstić information content (AvgIpc) is 2.48. The van der Waals surface area contributed by atoms with Gasteiger partial charge in [0, 0.05) is 16.9 Å². The van der Waals surface area contributed by atoms with Crippen LogP contribution in [-0.4, -0.2) is 16.7 Å². The molecule has 19 heavy (non-hydrogen) atoms. The monoisotopic (exact) mass is 277 g/mol. The summed E-state index contributed by atoms with van der Waals surface area (Å²) in [6.45, 7) is 12.9. The van der Waals surface area contributed by atoms with Crippen LogP contribution in [0.4, 0.5) is 0 Å². The van der Waals surface area contributed by atoms with Gasteiger partial charge in [0.15, 0.2) is 0 Å². The summed E-state index contributed by atoms with van der Waals surface area (Å²) in [5, 5.41) is 8.81. The van der Waals surface area contributed by atoms with Gasteiger partial charge in [-0.3, -0.25) is 0 Å². The van der Waals surface area contributed by atoms with Crippen molar-refractivity contribution >= 4 is 17.5 Å². The Hall–Kier alpha value is -0.720. The number of rotatable bonds is 6. The van der Waals surface area contributed by atoms with Crippen molar-refractivity contribution in [3.05, 3.63) is 29.5 Å². The molecule has 2 heteroatoms. The van der Waals surface area contributed by atoms with Gasteiger partial charge in [-0.25, -0.2) is 0 Å². The van der Waals surface area contributed by atoms with Crippen molar-refractivity contribution in [1.82, 2.24) is 0 Å². The van der Waals surface area contributed by atoms with Crippen LogP contribution >= 0.6 is 11.8 Å². The fourth-order valence-electron chi connectivity index (χ4n) is 2.79. The lowest BCUT2D eigenvalue weighted by atomic mass is 9.84. The molecule has 0 spiro atoms. The summed E-state index contributed by atoms with van der Waals surface area (Å²) < 4.78 is 0. The molecule has 0 saturated carbocycles. The maximum absolute atomic E-state index is 8.12. The van der Waals surface area contributed by atoms with Crippen molar-refractivity contribution in [2.24, 2.45) is 11.8 Å². The van der Waals surface area contributed by atoms with E-state index < -0.39 is 0 Å². The van der Waals surface area contributed by atoms with Crippen molar-refractivity contribution in [3.8, 4) is 0 Å². The van der Waals surface area contributed by atoms with Crippen LogP contribution in [0.1, 0.15) is 47.0 Å². The molecule has 106 valence electrons. The molecule has 3 atom stereocenters. The fraction of sp³-hybridized carbons (Fsp3) is 0.647. The number of hydrogen-bond acceptors (Lipinski definition) is 2. The fourth-order valence-corrected chi connectivity index (χ4v) is 3.75. The molecule has 0 aromatic rings. The Morgan fingerprint density at radius 2 is 2.26 bits per heavy atom. The van der Waals surface area contributed by atoms with Gasteiger partial charge in [-0.1, -0.05) is 32.9 Å². The SMILES string of the molecule is C=C1CC(CC(C)SCC)C=C=C(C)C1C(=N)CC. The summed E-state index contributed by atoms with van der Waals surface area (Å²) in [4.78, 5) is 0. The van der Waals surface area contributed by atoms with E-state index in [0.29, 0.717) is 11.2 Å². The van der Waals surface area contributed by atoms with E-state index in [0.717, 1.165) is 24.1 Å². The van der Waals surface area contributed by atoms with Gasteiger partial charge in [0.2, 0.25) is 0 Å². The summed E-state index contributed by atoms with van der Waals surface area (Å²) in [6.07, 6.45) is 5.21. The minimum Gasteiger partial charge on any atom is -0.309 e. The molecule has 0 radical (unpaired) electrons. The highest BCUT2D eigenvalue weighted by atomic mass is 32.2. The second-order valence-corrected chi connectivity index (χ2v) is 7.15. The van der Waals surface area contributed by atoms with Gasteiger partial charge in [0.05, 0.1) is 0 Å². The van der Waals surface area contributed by atoms with Crippen molar-refractivity contribution in [2.75, 3.05) is 5.75 Å². The van der Waals surface area contributed by atoms with Crippen LogP contribution in [0.25, 0.3) is 0 Å². The zero-order valence-corrected chi connectivity index (χ0v) is 13.6. The molecule has 0 aliphatic heterocycles. The maximum atomic E-state index is 8.12. The third-order valence-electron chi connectivity index (χ3n) is 3.73. The Bertz CT molecular complexity index is 401. The Kier molecular flexibility index (Phi) is 6.68. The standard InChI is InChI=1S/C17H27NS/c1-6-16(18)17-12(3)8-9-15(10-13(17)4)11-14(5)19-7-2/h9,14-15,17-18H,4,6-7,10-11H2,1-3,5H3. The van der Waals surface area contributed by atoms with Crippen LogP contribution in [0.2, 0.25) is 0 Å². The quantitative estimate of drug-likeness (QED) is 0.400. The van der Waals surface area contributed by atoms with Gasteiger partial charge in [-0.05, 0) is 49.5 Å². The zero-order chi connectivity index (χ0) is 14.4. The number of nitrogens with one attached hydrogen (secondary N) is 1. The Labute approximate surface area is 122 Å². The Morgan fingerprint density at radius 3 is 2.84 bits per heavy atom. The third kappa shape index (κ3) is 4.71. The largest absolute Gasteiger partial charge is 0.309 e. The Balaban J connectivity index is 2.78. The summed E-state index contributed by atoms with van der Waals surface area (Å²) in [5.74, 6) is 1.84. The second-order valence-electron chi connectivity index (χ2n) is 5.43. The third-order valence-corrected chi connectivity index (χ3v) is 4.82. The first-order valence-electron chi connectivity index (χ1n) is 7.29. The van der Waals surface area contributed by atoms with Gasteiger partial charge in [0.1, 0.15) is 0 Å². The molecule has 0 bridgehead atoms. The van der Waals surface area contributed by atoms with E-state index in [2.05, 4.69) is 46.1 Å². The molecular formula is C17H27NS. The summed E-state index contributed by atoms with van der Waals surface area (Å²) >= 11 is 2.02. The van der Waals surface area contributed by atoms with E-state index in [1.165, 1.54) is 17.7 Å². The lowest BCUT2D eigenvalue weighted by Crippen LogP contribution is -2.17. The minimum atomic E-state index is 0.125. The molecule has 0 amide bonds. The van der Waals surface area contributed by atoms with Crippen molar-refractivity contribution in [3.63, 3.8) is 0 Å². The van der Waals surface area contributed by atoms with Gasteiger partial charge in [-0.15, -0.1) is 5.73 Å². The highest BCUT2D eigenvalue weighted by Crippen LogP contribution is 2.32. The molecule has 3 unspecified atom stereocenters. The van der Waals surface area contributed by atoms with E-state index in [-0.39, 0.29) is 5.92 Å². The molecule has 1 nitrogen and oxygen atoms in total. The van der Waals surface area contributed by atoms with Crippen LogP contribution in [-0.2, 0) is 0 Å². The van der Waals surface area contributed by atoms with Crippen molar-refractivity contribution < 1.29 is 0 Å². The highest BCUT2D eigenvalue weighted by Gasteiger charge is 2.24. The predicted octanol–water partition coefficient (Wildman–Crippen LogP) is 5.24. The minimum absolute atomic E-state index is 0.125. The van der Waals surface area contributed by atoms with Gasteiger partial charge in [0.25, 0.3) is 0 Å². The lowest BCUT2D eigenvalue weighted by Gasteiger charge is -2.22. The van der Waals surface area contributed by atoms with Crippen LogP contribution in [0.3, 0.4) is 0 Å². The van der Waals surface area contributed by atoms with Crippen LogP contribution in [0, 0.1) is 17.2 Å². The molecule has 1 rings (SSSR count). The maximum Gasteiger partial charge on any atom is 0.0455 e. The van der Waals surface area contributed by atoms with Crippen LogP contribution in [0.5, 0.6) is 0 Å². The molecule has 1 N–H and O–H groups in total. The van der Waals surface area contributed by atoms with E-state index in [1.807, 2.05) is 11.8 Å². The van der Waals surface area contributed by atoms with Crippen LogP contribution in [0.15, 0.2) is 29.5 Å². The average molecular weight is 277 g/mol. The predicted molar refractivity (Wildman–Crippen MR) is 88.2 cm³/mol. The topological polar surface area (TPSA) is 23.9 Å². The number of hydrogen-bond donors (Lipinski definition) is 1. The van der Waals surface area contributed by atoms with E-state index in [4.69, 9.17) is 5.41 Å². The summed E-state index contributed by atoms with van der Waals surface area (Å²) in [6, 6.07) is 0. The van der Waals surface area contributed by atoms with Gasteiger partial charge >= 0.3 is 0 Å². The molecule has 0 aromatic heterocycles. The first-order chi connectivity index (χ1) is 8.99. The van der Waals surface area contributed by atoms with E-state index in [1.54, 1.807) is 0 Å². The summed E-state index contributed by atoms with van der Waals surface area (Å²) in [7, 11) is 0. The first-order valence-corrected chi connectivity index (χ1v) is 8.34. The van der Waals surface area contributed by atoms with Crippen molar-refractivity contribution in [2.45, 2.75) is 52.2 Å². The Morgan fingerprint density at radius 1 is 1.58 bits per heavy atom. The number of allylic oxidation sites excluding steroid dienone is 2. The van der Waals surface area contributed by atoms with Crippen molar-refractivity contribution in [1.29, 1.82) is 5.41 Å². The van der Waals surface area contributed by atoms with Gasteiger partial charge < -0.3 is 5.41 Å². The normalized spacial score (nSPS) is 24.8. The number of thioether (sulfide) groups is 1. The molecule has 1 aliphatic rings. The van der Waals surface area contributed by atoms with Gasteiger partial charge in [-0.2, -0.15) is 11.8 Å². The first kappa shape index (κ1) is 16.3. The lowest BCUT2D eigenvalue weighted by molar-refractivity contribution is 0.575. The van der Waals surface area contributed by atoms with E-state index >= 15 is 0 Å². The molecular weight excluding hydrogens is 250 g/mol. The second kappa shape index (κ2) is 7.77.